The Morgan fingerprint density at radius 3 is 0.100 bits per heavy atom. The van der Waals surface area contributed by atoms with E-state index in [-0.39, 0.29) is 192 Å². The molecule has 0 bridgehead atoms. The molecule has 0 aliphatic heterocycles. The van der Waals surface area contributed by atoms with Crippen LogP contribution in [0.1, 0.15) is 0 Å². The van der Waals surface area contributed by atoms with Gasteiger partial charge in [-0.05, 0) is 0 Å². The van der Waals surface area contributed by atoms with Crippen LogP contribution in [0.25, 0.3) is 0 Å². The van der Waals surface area contributed by atoms with Crippen molar-refractivity contribution in [1.29, 1.82) is 0 Å². The van der Waals surface area contributed by atoms with Crippen molar-refractivity contribution in [2.75, 3.05) is 0 Å². The first-order valence-corrected chi connectivity index (χ1v) is 0. The summed E-state index contributed by atoms with van der Waals surface area (Å²) in [4.78, 5) is 0. The summed E-state index contributed by atoms with van der Waals surface area (Å²) < 4.78 is 0. The van der Waals surface area contributed by atoms with Crippen LogP contribution >= 0.6 is 0 Å². The fourth-order valence-electron chi connectivity index (χ4n) is 0. The van der Waals surface area contributed by atoms with Crippen molar-refractivity contribution in [3.63, 3.8) is 0 Å². The summed E-state index contributed by atoms with van der Waals surface area (Å²) in [7, 11) is 0. The van der Waals surface area contributed by atoms with E-state index in [1.807, 2.05) is 0 Å². The van der Waals surface area contributed by atoms with Gasteiger partial charge in [-0.1, -0.05) is 0 Å². The normalized spacial score (nSPS) is 0. The van der Waals surface area contributed by atoms with E-state index in [0.717, 1.165) is 0 Å². The van der Waals surface area contributed by atoms with Gasteiger partial charge in [0, 0.05) is 105 Å². The Bertz CT molecular complexity index is 14.4. The third-order valence-electron chi connectivity index (χ3n) is 0. The first-order chi connectivity index (χ1) is 0. The Hall–Kier alpha value is 2.89. The number of rotatable bonds is 0. The van der Waals surface area contributed by atoms with Crippen molar-refractivity contribution in [3.8, 4) is 0 Å². The topological polar surface area (TPSA) is 504 Å². The maximum atomic E-state index is 0. The molecule has 0 rings (SSSR count). The van der Waals surface area contributed by atoms with Gasteiger partial charge in [-0.15, -0.1) is 0 Å². The maximum Gasteiger partial charge on any atom is 0 e. The molecule has 0 spiro atoms. The minimum Gasteiger partial charge on any atom is -0.412 e. The van der Waals surface area contributed by atoms with E-state index in [4.69, 9.17) is 0 Å². The standard InChI is InChI=1S/16H2O.4Zr/h16*1H2;;;;. The molecule has 16 nitrogen and oxygen atoms in total. The Kier molecular flexibility index (Phi) is 74900. The van der Waals surface area contributed by atoms with Gasteiger partial charge >= 0.3 is 0 Å². The molecule has 0 atom stereocenters. The van der Waals surface area contributed by atoms with Crippen molar-refractivity contribution in [1.82, 2.24) is 0 Å². The van der Waals surface area contributed by atoms with E-state index in [1.165, 1.54) is 0 Å². The zero-order valence-corrected chi connectivity index (χ0v) is 19.8. The molecule has 0 saturated carbocycles. The maximum absolute atomic E-state index is 0. The van der Waals surface area contributed by atoms with Crippen LogP contribution < -0.4 is 0 Å². The first-order valence-electron chi connectivity index (χ1n) is 0. The molecular formula is H32O16Zr4. The Morgan fingerprint density at radius 1 is 0.100 bits per heavy atom. The molecule has 0 fully saturated rings. The second kappa shape index (κ2) is 1140. The van der Waals surface area contributed by atoms with Crippen molar-refractivity contribution in [2.45, 2.75) is 0 Å². The third kappa shape index (κ3) is 988. The Balaban J connectivity index is 0. The summed E-state index contributed by atoms with van der Waals surface area (Å²) in [5, 5.41) is 0. The van der Waals surface area contributed by atoms with Crippen LogP contribution in [0.15, 0.2) is 0 Å². The second-order valence-corrected chi connectivity index (χ2v) is 0. The van der Waals surface area contributed by atoms with Gasteiger partial charge < -0.3 is 87.6 Å². The van der Waals surface area contributed by atoms with Crippen LogP contribution in [-0.2, 0) is 105 Å². The van der Waals surface area contributed by atoms with E-state index < -0.39 is 0 Å². The predicted molar refractivity (Wildman–Crippen MR) is 57.8 cm³/mol. The van der Waals surface area contributed by atoms with E-state index in [2.05, 4.69) is 0 Å². The average Bonchev–Trinajstić information content (AvgIpc) is 0. The summed E-state index contributed by atoms with van der Waals surface area (Å²) >= 11 is 0. The van der Waals surface area contributed by atoms with Gasteiger partial charge in [0.2, 0.25) is 0 Å². The van der Waals surface area contributed by atoms with Gasteiger partial charge in [0.25, 0.3) is 0 Å². The van der Waals surface area contributed by atoms with Crippen LogP contribution in [0.5, 0.6) is 0 Å². The zero-order valence-electron chi connectivity index (χ0n) is 10.0. The van der Waals surface area contributed by atoms with Crippen LogP contribution in [0.2, 0.25) is 0 Å². The second-order valence-electron chi connectivity index (χ2n) is 0. The molecule has 0 aromatic rings. The van der Waals surface area contributed by atoms with E-state index >= 15 is 0 Å². The third-order valence-corrected chi connectivity index (χ3v) is 0. The molecule has 0 aliphatic carbocycles. The van der Waals surface area contributed by atoms with Gasteiger partial charge in [-0.2, -0.15) is 0 Å². The quantitative estimate of drug-likeness (QED) is 0.235. The molecule has 32 N–H and O–H groups in total. The Labute approximate surface area is 190 Å². The van der Waals surface area contributed by atoms with Gasteiger partial charge in [-0.25, -0.2) is 0 Å². The van der Waals surface area contributed by atoms with Gasteiger partial charge in [0.15, 0.2) is 0 Å². The fraction of sp³-hybridized carbons (Fsp3) is 0. The average molecular weight is 653 g/mol. The molecule has 0 heterocycles. The largest absolute Gasteiger partial charge is 0.412 e. The van der Waals surface area contributed by atoms with Crippen LogP contribution in [-0.4, -0.2) is 87.6 Å². The summed E-state index contributed by atoms with van der Waals surface area (Å²) in [6.45, 7) is 0. The van der Waals surface area contributed by atoms with Crippen molar-refractivity contribution >= 4 is 0 Å². The molecule has 0 aliphatic rings. The summed E-state index contributed by atoms with van der Waals surface area (Å²) in [6, 6.07) is 0. The molecule has 20 heteroatoms. The molecule has 144 valence electrons. The van der Waals surface area contributed by atoms with Crippen molar-refractivity contribution in [2.24, 2.45) is 0 Å². The monoisotopic (exact) mass is 648 g/mol. The van der Waals surface area contributed by atoms with E-state index in [0.29, 0.717) is 0 Å². The molecule has 0 radical (unpaired) electrons. The minimum absolute atomic E-state index is 0. The molecule has 0 unspecified atom stereocenters. The summed E-state index contributed by atoms with van der Waals surface area (Å²) in [5.41, 5.74) is 0. The molecule has 0 amide bonds. The van der Waals surface area contributed by atoms with Crippen LogP contribution in [0, 0.1) is 0 Å². The summed E-state index contributed by atoms with van der Waals surface area (Å²) in [5.74, 6) is 0. The number of hydrogen-bond donors (Lipinski definition) is 0. The minimum atomic E-state index is 0. The molecular weight excluding hydrogens is 621 g/mol. The van der Waals surface area contributed by atoms with Crippen LogP contribution in [0.3, 0.4) is 0 Å². The van der Waals surface area contributed by atoms with Gasteiger partial charge in [0.05, 0.1) is 0 Å². The van der Waals surface area contributed by atoms with Crippen molar-refractivity contribution < 1.29 is 192 Å². The molecule has 20 heavy (non-hydrogen) atoms. The van der Waals surface area contributed by atoms with Gasteiger partial charge in [0.1, 0.15) is 0 Å². The smallest absolute Gasteiger partial charge is 0 e. The van der Waals surface area contributed by atoms with Gasteiger partial charge in [-0.3, -0.25) is 0 Å². The van der Waals surface area contributed by atoms with Crippen LogP contribution in [0.4, 0.5) is 0 Å². The fourth-order valence-corrected chi connectivity index (χ4v) is 0. The SMILES string of the molecule is O.O.O.O.O.O.O.O.O.O.O.O.O.O.O.O.[Zr].[Zr].[Zr].[Zr]. The van der Waals surface area contributed by atoms with Crippen molar-refractivity contribution in [3.05, 3.63) is 0 Å². The number of hydrogen-bond acceptors (Lipinski definition) is 0. The zero-order chi connectivity index (χ0) is 0. The summed E-state index contributed by atoms with van der Waals surface area (Å²) in [6.07, 6.45) is 0. The first kappa shape index (κ1) is 1310. The van der Waals surface area contributed by atoms with E-state index in [9.17, 15) is 0 Å². The van der Waals surface area contributed by atoms with E-state index in [1.54, 1.807) is 0 Å². The Morgan fingerprint density at radius 2 is 0.100 bits per heavy atom. The molecule has 0 aromatic heterocycles. The molecule has 0 saturated heterocycles. The molecule has 0 aromatic carbocycles. The predicted octanol–water partition coefficient (Wildman–Crippen LogP) is -13.2.